The molecule has 0 amide bonds. The minimum atomic E-state index is -0.182. The molecule has 1 N–H and O–H groups in total. The summed E-state index contributed by atoms with van der Waals surface area (Å²) in [5.41, 5.74) is 0.410. The lowest BCUT2D eigenvalue weighted by atomic mass is 10.2. The number of benzene rings is 1. The highest BCUT2D eigenvalue weighted by Crippen LogP contribution is 2.30. The van der Waals surface area contributed by atoms with Crippen molar-refractivity contribution in [2.75, 3.05) is 20.0 Å². The average molecular weight is 292 g/mol. The van der Waals surface area contributed by atoms with E-state index >= 15 is 0 Å². The van der Waals surface area contributed by atoms with Crippen molar-refractivity contribution in [2.24, 2.45) is 0 Å². The zero-order valence-corrected chi connectivity index (χ0v) is 12.4. The molecule has 0 fully saturated rings. The van der Waals surface area contributed by atoms with Gasteiger partial charge in [-0.2, -0.15) is 0 Å². The van der Waals surface area contributed by atoms with Crippen molar-refractivity contribution in [1.29, 1.82) is 0 Å². The number of nitrogens with zero attached hydrogens (tertiary/aromatic N) is 1. The number of allylic oxidation sites excluding steroid dienone is 1. The number of hydrogen-bond donors (Lipinski definition) is 1. The Kier molecular flexibility index (Phi) is 4.68. The first-order valence-electron chi connectivity index (χ1n) is 6.09. The topological polar surface area (TPSA) is 64.2 Å². The number of methoxy groups -OCH3 is 2. The van der Waals surface area contributed by atoms with E-state index in [1.807, 2.05) is 19.1 Å². The van der Waals surface area contributed by atoms with Gasteiger partial charge in [0.1, 0.15) is 0 Å². The summed E-state index contributed by atoms with van der Waals surface area (Å²) in [4.78, 5) is 19.3. The van der Waals surface area contributed by atoms with E-state index < -0.39 is 0 Å². The van der Waals surface area contributed by atoms with Crippen LogP contribution in [0.5, 0.6) is 11.5 Å². The first kappa shape index (κ1) is 14.5. The minimum Gasteiger partial charge on any atom is -0.493 e. The predicted molar refractivity (Wildman–Crippen MR) is 81.0 cm³/mol. The molecule has 0 saturated heterocycles. The molecule has 6 heteroatoms. The third-order valence-electron chi connectivity index (χ3n) is 2.74. The van der Waals surface area contributed by atoms with Crippen LogP contribution in [0.1, 0.15) is 6.92 Å². The molecule has 0 aliphatic heterocycles. The van der Waals surface area contributed by atoms with Crippen LogP contribution in [0.25, 0.3) is 10.9 Å². The highest BCUT2D eigenvalue weighted by molar-refractivity contribution is 7.99. The van der Waals surface area contributed by atoms with Crippen LogP contribution in [0, 0.1) is 0 Å². The summed E-state index contributed by atoms with van der Waals surface area (Å²) >= 11 is 1.47. The van der Waals surface area contributed by atoms with E-state index in [4.69, 9.17) is 9.47 Å². The predicted octanol–water partition coefficient (Wildman–Crippen LogP) is 2.61. The Morgan fingerprint density at radius 2 is 2.00 bits per heavy atom. The number of thioether (sulfide) groups is 1. The Morgan fingerprint density at radius 3 is 2.65 bits per heavy atom. The molecule has 106 valence electrons. The van der Waals surface area contributed by atoms with Crippen molar-refractivity contribution >= 4 is 22.7 Å². The molecule has 5 nitrogen and oxygen atoms in total. The summed E-state index contributed by atoms with van der Waals surface area (Å²) in [6.45, 7) is 1.95. The Morgan fingerprint density at radius 1 is 1.30 bits per heavy atom. The fourth-order valence-electron chi connectivity index (χ4n) is 1.74. The van der Waals surface area contributed by atoms with Crippen LogP contribution >= 0.6 is 11.8 Å². The molecule has 0 atom stereocenters. The molecular weight excluding hydrogens is 276 g/mol. The van der Waals surface area contributed by atoms with Crippen LogP contribution in [0.4, 0.5) is 0 Å². The van der Waals surface area contributed by atoms with E-state index in [1.165, 1.54) is 18.9 Å². The lowest BCUT2D eigenvalue weighted by Crippen LogP contribution is -2.09. The van der Waals surface area contributed by atoms with E-state index in [1.54, 1.807) is 19.2 Å². The molecule has 0 unspecified atom stereocenters. The number of nitrogens with one attached hydrogen (secondary N) is 1. The smallest absolute Gasteiger partial charge is 0.259 e. The molecule has 1 heterocycles. The Balaban J connectivity index is 2.50. The van der Waals surface area contributed by atoms with Gasteiger partial charge >= 0.3 is 0 Å². The van der Waals surface area contributed by atoms with Gasteiger partial charge in [-0.1, -0.05) is 23.9 Å². The van der Waals surface area contributed by atoms with Crippen molar-refractivity contribution < 1.29 is 9.47 Å². The van der Waals surface area contributed by atoms with Gasteiger partial charge < -0.3 is 14.5 Å². The van der Waals surface area contributed by atoms with Gasteiger partial charge in [0.05, 0.1) is 25.1 Å². The number of fused-ring (bicyclic) bond motifs is 1. The Bertz CT molecular complexity index is 695. The molecule has 2 aromatic rings. The van der Waals surface area contributed by atoms with Crippen molar-refractivity contribution in [3.05, 3.63) is 34.6 Å². The van der Waals surface area contributed by atoms with Crippen LogP contribution in [-0.2, 0) is 0 Å². The number of H-pyrrole nitrogens is 1. The fourth-order valence-corrected chi connectivity index (χ4v) is 2.51. The summed E-state index contributed by atoms with van der Waals surface area (Å²) < 4.78 is 10.4. The minimum absolute atomic E-state index is 0.182. The van der Waals surface area contributed by atoms with Gasteiger partial charge in [-0.05, 0) is 13.0 Å². The number of rotatable bonds is 5. The van der Waals surface area contributed by atoms with Gasteiger partial charge in [0.15, 0.2) is 16.7 Å². The van der Waals surface area contributed by atoms with Crippen molar-refractivity contribution in [3.63, 3.8) is 0 Å². The third kappa shape index (κ3) is 2.96. The summed E-state index contributed by atoms with van der Waals surface area (Å²) in [5, 5.41) is 1.07. The number of aromatic nitrogens is 2. The summed E-state index contributed by atoms with van der Waals surface area (Å²) in [7, 11) is 3.09. The zero-order valence-electron chi connectivity index (χ0n) is 11.6. The van der Waals surface area contributed by atoms with Crippen LogP contribution < -0.4 is 15.0 Å². The van der Waals surface area contributed by atoms with Gasteiger partial charge in [-0.15, -0.1) is 0 Å². The molecule has 0 aliphatic rings. The maximum atomic E-state index is 12.1. The van der Waals surface area contributed by atoms with Gasteiger partial charge in [0.2, 0.25) is 0 Å². The molecule has 0 radical (unpaired) electrons. The average Bonchev–Trinajstić information content (AvgIpc) is 2.46. The highest BCUT2D eigenvalue weighted by Gasteiger charge is 2.10. The van der Waals surface area contributed by atoms with E-state index in [9.17, 15) is 4.79 Å². The highest BCUT2D eigenvalue weighted by atomic mass is 32.2. The summed E-state index contributed by atoms with van der Waals surface area (Å²) in [6.07, 6.45) is 3.96. The lowest BCUT2D eigenvalue weighted by molar-refractivity contribution is 0.355. The van der Waals surface area contributed by atoms with Crippen LogP contribution in [0.3, 0.4) is 0 Å². The molecule has 0 aliphatic carbocycles. The fraction of sp³-hybridized carbons (Fsp3) is 0.286. The van der Waals surface area contributed by atoms with Gasteiger partial charge in [-0.3, -0.25) is 4.79 Å². The molecular formula is C14H16N2O3S. The molecule has 0 bridgehead atoms. The zero-order chi connectivity index (χ0) is 14.5. The molecule has 0 saturated carbocycles. The molecule has 1 aromatic carbocycles. The molecule has 0 spiro atoms. The van der Waals surface area contributed by atoms with Crippen molar-refractivity contribution in [3.8, 4) is 11.5 Å². The first-order chi connectivity index (χ1) is 9.69. The van der Waals surface area contributed by atoms with E-state index in [0.29, 0.717) is 27.6 Å². The third-order valence-corrected chi connectivity index (χ3v) is 3.57. The maximum Gasteiger partial charge on any atom is 0.259 e. The monoisotopic (exact) mass is 292 g/mol. The second-order valence-corrected chi connectivity index (χ2v) is 4.98. The SMILES string of the molecule is C/C=C\CSc1nc2cc(OC)c(OC)cc2c(=O)[nH]1. The quantitative estimate of drug-likeness (QED) is 0.521. The largest absolute Gasteiger partial charge is 0.493 e. The van der Waals surface area contributed by atoms with Crippen LogP contribution in [-0.4, -0.2) is 29.9 Å². The normalized spacial score (nSPS) is 11.2. The first-order valence-corrected chi connectivity index (χ1v) is 7.08. The number of hydrogen-bond acceptors (Lipinski definition) is 5. The second-order valence-electron chi connectivity index (χ2n) is 3.98. The van der Waals surface area contributed by atoms with E-state index in [0.717, 1.165) is 5.75 Å². The standard InChI is InChI=1S/C14H16N2O3S/c1-4-5-6-20-14-15-10-8-12(19-3)11(18-2)7-9(10)13(17)16-14/h4-5,7-8H,6H2,1-3H3,(H,15,16,17)/b5-4-. The molecule has 1 aromatic heterocycles. The van der Waals surface area contributed by atoms with Gasteiger partial charge in [-0.25, -0.2) is 4.98 Å². The maximum absolute atomic E-state index is 12.1. The number of ether oxygens (including phenoxy) is 2. The summed E-state index contributed by atoms with van der Waals surface area (Å²) in [5.74, 6) is 1.84. The summed E-state index contributed by atoms with van der Waals surface area (Å²) in [6, 6.07) is 3.35. The Labute approximate surface area is 121 Å². The van der Waals surface area contributed by atoms with Crippen molar-refractivity contribution in [1.82, 2.24) is 9.97 Å². The lowest BCUT2D eigenvalue weighted by Gasteiger charge is -2.09. The van der Waals surface area contributed by atoms with Gasteiger partial charge in [0, 0.05) is 11.8 Å². The van der Waals surface area contributed by atoms with Gasteiger partial charge in [0.25, 0.3) is 5.56 Å². The van der Waals surface area contributed by atoms with Crippen LogP contribution in [0.15, 0.2) is 34.2 Å². The molecule has 2 rings (SSSR count). The second kappa shape index (κ2) is 6.47. The Hall–Kier alpha value is -1.95. The number of aromatic amines is 1. The molecule has 20 heavy (non-hydrogen) atoms. The van der Waals surface area contributed by atoms with Crippen LogP contribution in [0.2, 0.25) is 0 Å². The van der Waals surface area contributed by atoms with Crippen molar-refractivity contribution in [2.45, 2.75) is 12.1 Å². The van der Waals surface area contributed by atoms with E-state index in [-0.39, 0.29) is 5.56 Å². The van der Waals surface area contributed by atoms with E-state index in [2.05, 4.69) is 9.97 Å².